The molecule has 0 radical (unpaired) electrons. The number of carbonyl (C=O) groups is 3. The third-order valence-corrected chi connectivity index (χ3v) is 2.81. The molecule has 1 aliphatic heterocycles. The van der Waals surface area contributed by atoms with Gasteiger partial charge in [0.2, 0.25) is 0 Å². The van der Waals surface area contributed by atoms with E-state index >= 15 is 0 Å². The van der Waals surface area contributed by atoms with Gasteiger partial charge in [0.1, 0.15) is 12.1 Å². The van der Waals surface area contributed by atoms with Gasteiger partial charge >= 0.3 is 18.0 Å². The minimum atomic E-state index is -1.34. The first-order chi connectivity index (χ1) is 9.00. The van der Waals surface area contributed by atoms with E-state index in [1.165, 1.54) is 0 Å². The average Bonchev–Trinajstić information content (AvgIpc) is 2.38. The van der Waals surface area contributed by atoms with E-state index in [4.69, 9.17) is 4.74 Å². The topological polar surface area (TPSA) is 114 Å². The second-order valence-electron chi connectivity index (χ2n) is 4.11. The molecule has 0 unspecified atom stereocenters. The van der Waals surface area contributed by atoms with Crippen LogP contribution in [-0.2, 0) is 19.1 Å². The van der Waals surface area contributed by atoms with Crippen LogP contribution < -0.4 is 10.6 Å². The third kappa shape index (κ3) is 4.40. The van der Waals surface area contributed by atoms with E-state index in [-0.39, 0.29) is 39.2 Å². The maximum Gasteiger partial charge on any atom is 0.329 e. The summed E-state index contributed by atoms with van der Waals surface area (Å²) < 4.78 is 9.71. The van der Waals surface area contributed by atoms with E-state index in [2.05, 4.69) is 15.4 Å². The Balaban J connectivity index is 2.48. The number of nitrogens with one attached hydrogen (secondary N) is 2. The number of rotatable bonds is 5. The highest BCUT2D eigenvalue weighted by Crippen LogP contribution is 2.20. The van der Waals surface area contributed by atoms with E-state index in [0.717, 1.165) is 0 Å². The van der Waals surface area contributed by atoms with Crippen molar-refractivity contribution in [2.45, 2.75) is 25.3 Å². The molecule has 0 aromatic carbocycles. The molecule has 8 nitrogen and oxygen atoms in total. The van der Waals surface area contributed by atoms with Gasteiger partial charge in [-0.05, 0) is 6.92 Å². The van der Waals surface area contributed by atoms with Crippen LogP contribution in [0.1, 0.15) is 19.8 Å². The van der Waals surface area contributed by atoms with Gasteiger partial charge in [-0.3, -0.25) is 4.79 Å². The minimum Gasteiger partial charge on any atom is -0.480 e. The molecule has 1 fully saturated rings. The molecular formula is C11H18N2O6. The van der Waals surface area contributed by atoms with Crippen LogP contribution in [0.5, 0.6) is 0 Å². The smallest absolute Gasteiger partial charge is 0.329 e. The first-order valence-corrected chi connectivity index (χ1v) is 6.03. The lowest BCUT2D eigenvalue weighted by Gasteiger charge is -2.33. The molecule has 2 amide bonds. The highest BCUT2D eigenvalue weighted by atomic mass is 16.5. The van der Waals surface area contributed by atoms with E-state index in [0.29, 0.717) is 0 Å². The second kappa shape index (κ2) is 6.93. The molecule has 0 atom stereocenters. The largest absolute Gasteiger partial charge is 0.480 e. The van der Waals surface area contributed by atoms with Gasteiger partial charge in [0, 0.05) is 26.1 Å². The van der Waals surface area contributed by atoms with Crippen LogP contribution in [0.25, 0.3) is 0 Å². The Morgan fingerprint density at radius 1 is 1.32 bits per heavy atom. The van der Waals surface area contributed by atoms with Crippen LogP contribution in [-0.4, -0.2) is 55.0 Å². The number of aliphatic carboxylic acids is 1. The van der Waals surface area contributed by atoms with E-state index in [1.54, 1.807) is 6.92 Å². The molecule has 1 heterocycles. The molecule has 1 rings (SSSR count). The summed E-state index contributed by atoms with van der Waals surface area (Å²) >= 11 is 0. The number of carboxylic acids is 1. The van der Waals surface area contributed by atoms with Crippen molar-refractivity contribution < 1.29 is 29.0 Å². The quantitative estimate of drug-likeness (QED) is 0.581. The van der Waals surface area contributed by atoms with Gasteiger partial charge in [-0.1, -0.05) is 0 Å². The van der Waals surface area contributed by atoms with E-state index in [9.17, 15) is 19.5 Å². The summed E-state index contributed by atoms with van der Waals surface area (Å²) in [4.78, 5) is 33.9. The highest BCUT2D eigenvalue weighted by Gasteiger charge is 2.41. The Bertz CT molecular complexity index is 351. The SMILES string of the molecule is CCOC(=O)CNC(=O)NC1(C(=O)O)CCOCC1. The number of esters is 1. The summed E-state index contributed by atoms with van der Waals surface area (Å²) in [5, 5.41) is 13.9. The van der Waals surface area contributed by atoms with Crippen LogP contribution >= 0.6 is 0 Å². The minimum absolute atomic E-state index is 0.190. The lowest BCUT2D eigenvalue weighted by atomic mass is 9.90. The molecule has 19 heavy (non-hydrogen) atoms. The van der Waals surface area contributed by atoms with Crippen molar-refractivity contribution >= 4 is 18.0 Å². The number of ether oxygens (including phenoxy) is 2. The van der Waals surface area contributed by atoms with Gasteiger partial charge in [0.05, 0.1) is 6.61 Å². The van der Waals surface area contributed by atoms with Gasteiger partial charge in [-0.2, -0.15) is 0 Å². The average molecular weight is 274 g/mol. The molecule has 1 saturated heterocycles. The Morgan fingerprint density at radius 3 is 2.47 bits per heavy atom. The molecule has 0 aromatic rings. The predicted molar refractivity (Wildman–Crippen MR) is 63.6 cm³/mol. The first kappa shape index (κ1) is 15.2. The number of carboxylic acid groups (broad SMARTS) is 1. The number of amides is 2. The molecule has 8 heteroatoms. The van der Waals surface area contributed by atoms with Gasteiger partial charge in [0.15, 0.2) is 0 Å². The van der Waals surface area contributed by atoms with Crippen LogP contribution in [0.2, 0.25) is 0 Å². The molecule has 0 saturated carbocycles. The zero-order valence-electron chi connectivity index (χ0n) is 10.7. The monoisotopic (exact) mass is 274 g/mol. The summed E-state index contributed by atoms with van der Waals surface area (Å²) in [6, 6.07) is -0.711. The first-order valence-electron chi connectivity index (χ1n) is 6.03. The van der Waals surface area contributed by atoms with Crippen molar-refractivity contribution in [2.24, 2.45) is 0 Å². The van der Waals surface area contributed by atoms with Crippen LogP contribution in [0.4, 0.5) is 4.79 Å². The van der Waals surface area contributed by atoms with Crippen molar-refractivity contribution in [3.63, 3.8) is 0 Å². The molecule has 0 aliphatic carbocycles. The fourth-order valence-corrected chi connectivity index (χ4v) is 1.74. The third-order valence-electron chi connectivity index (χ3n) is 2.81. The van der Waals surface area contributed by atoms with Crippen molar-refractivity contribution in [3.8, 4) is 0 Å². The molecule has 108 valence electrons. The fraction of sp³-hybridized carbons (Fsp3) is 0.727. The number of hydrogen-bond donors (Lipinski definition) is 3. The maximum absolute atomic E-state index is 11.6. The summed E-state index contributed by atoms with van der Waals surface area (Å²) in [6.07, 6.45) is 0.379. The van der Waals surface area contributed by atoms with Crippen LogP contribution in [0.3, 0.4) is 0 Å². The summed E-state index contributed by atoms with van der Waals surface area (Å²) in [6.45, 7) is 2.11. The lowest BCUT2D eigenvalue weighted by Crippen LogP contribution is -2.60. The van der Waals surface area contributed by atoms with E-state index in [1.807, 2.05) is 0 Å². The summed E-state index contributed by atoms with van der Waals surface area (Å²) in [5.74, 6) is -1.68. The fourth-order valence-electron chi connectivity index (χ4n) is 1.74. The maximum atomic E-state index is 11.6. The Labute approximate surface area is 110 Å². The lowest BCUT2D eigenvalue weighted by molar-refractivity contribution is -0.148. The number of urea groups is 1. The molecule has 3 N–H and O–H groups in total. The van der Waals surface area contributed by atoms with Crippen molar-refractivity contribution in [3.05, 3.63) is 0 Å². The molecule has 1 aliphatic rings. The van der Waals surface area contributed by atoms with E-state index < -0.39 is 23.5 Å². The second-order valence-corrected chi connectivity index (χ2v) is 4.11. The normalized spacial score (nSPS) is 17.3. The van der Waals surface area contributed by atoms with Crippen LogP contribution in [0.15, 0.2) is 0 Å². The Kier molecular flexibility index (Phi) is 5.56. The summed E-state index contributed by atoms with van der Waals surface area (Å²) in [7, 11) is 0. The molecular weight excluding hydrogens is 256 g/mol. The van der Waals surface area contributed by atoms with Gasteiger partial charge < -0.3 is 25.2 Å². The Hall–Kier alpha value is -1.83. The highest BCUT2D eigenvalue weighted by molar-refractivity contribution is 5.87. The van der Waals surface area contributed by atoms with Crippen molar-refractivity contribution in [2.75, 3.05) is 26.4 Å². The van der Waals surface area contributed by atoms with Gasteiger partial charge in [-0.25, -0.2) is 9.59 Å². The van der Waals surface area contributed by atoms with Crippen LogP contribution in [0, 0.1) is 0 Å². The zero-order chi connectivity index (χ0) is 14.3. The number of carbonyl (C=O) groups excluding carboxylic acids is 2. The standard InChI is InChI=1S/C11H18N2O6/c1-2-19-8(14)7-12-10(17)13-11(9(15)16)3-5-18-6-4-11/h2-7H2,1H3,(H,15,16)(H2,12,13,17). The number of hydrogen-bond acceptors (Lipinski definition) is 5. The van der Waals surface area contributed by atoms with Gasteiger partial charge in [0.25, 0.3) is 0 Å². The molecule has 0 spiro atoms. The zero-order valence-corrected chi connectivity index (χ0v) is 10.7. The van der Waals surface area contributed by atoms with Crippen molar-refractivity contribution in [1.29, 1.82) is 0 Å². The molecule has 0 aromatic heterocycles. The summed E-state index contributed by atoms with van der Waals surface area (Å²) in [5.41, 5.74) is -1.34. The predicted octanol–water partition coefficient (Wildman–Crippen LogP) is -0.517. The van der Waals surface area contributed by atoms with Crippen molar-refractivity contribution in [1.82, 2.24) is 10.6 Å². The molecule has 0 bridgehead atoms. The Morgan fingerprint density at radius 2 is 1.95 bits per heavy atom. The van der Waals surface area contributed by atoms with Gasteiger partial charge in [-0.15, -0.1) is 0 Å².